The van der Waals surface area contributed by atoms with Crippen LogP contribution in [0.15, 0.2) is 36.5 Å². The Labute approximate surface area is 190 Å². The molecule has 0 radical (unpaired) electrons. The molecule has 1 aromatic carbocycles. The van der Waals surface area contributed by atoms with E-state index < -0.39 is 0 Å². The minimum absolute atomic E-state index is 0.201. The predicted molar refractivity (Wildman–Crippen MR) is 124 cm³/mol. The van der Waals surface area contributed by atoms with Crippen molar-refractivity contribution in [2.45, 2.75) is 51.0 Å². The van der Waals surface area contributed by atoms with Crippen LogP contribution >= 0.6 is 11.3 Å². The second kappa shape index (κ2) is 8.60. The van der Waals surface area contributed by atoms with Gasteiger partial charge in [0.2, 0.25) is 0 Å². The quantitative estimate of drug-likeness (QED) is 0.557. The predicted octanol–water partition coefficient (Wildman–Crippen LogP) is 5.44. The fourth-order valence-electron chi connectivity index (χ4n) is 4.48. The van der Waals surface area contributed by atoms with Crippen LogP contribution in [-0.4, -0.2) is 27.6 Å². The van der Waals surface area contributed by atoms with E-state index in [0.29, 0.717) is 29.4 Å². The highest BCUT2D eigenvalue weighted by Gasteiger charge is 2.30. The third kappa shape index (κ3) is 3.92. The number of anilines is 2. The molecular formula is C24H23N5O2S. The van der Waals surface area contributed by atoms with Crippen molar-refractivity contribution in [1.29, 1.82) is 5.26 Å². The van der Waals surface area contributed by atoms with Crippen LogP contribution in [0.2, 0.25) is 0 Å². The van der Waals surface area contributed by atoms with E-state index in [1.165, 1.54) is 17.5 Å². The maximum Gasteiger partial charge on any atom is 0.346 e. The van der Waals surface area contributed by atoms with Gasteiger partial charge >= 0.3 is 6.03 Å². The first-order valence-electron chi connectivity index (χ1n) is 11.0. The highest BCUT2D eigenvalue weighted by atomic mass is 32.1. The van der Waals surface area contributed by atoms with Crippen molar-refractivity contribution in [1.82, 2.24) is 9.78 Å². The lowest BCUT2D eigenvalue weighted by Gasteiger charge is -2.16. The van der Waals surface area contributed by atoms with Gasteiger partial charge < -0.3 is 10.6 Å². The Morgan fingerprint density at radius 2 is 1.91 bits per heavy atom. The van der Waals surface area contributed by atoms with E-state index in [1.807, 2.05) is 6.07 Å². The van der Waals surface area contributed by atoms with Gasteiger partial charge in [-0.2, -0.15) is 15.0 Å². The van der Waals surface area contributed by atoms with Gasteiger partial charge in [-0.05, 0) is 61.6 Å². The fourth-order valence-corrected chi connectivity index (χ4v) is 5.79. The second-order valence-corrected chi connectivity index (χ2v) is 9.30. The van der Waals surface area contributed by atoms with Gasteiger partial charge in [0.15, 0.2) is 5.78 Å². The zero-order valence-corrected chi connectivity index (χ0v) is 18.4. The largest absolute Gasteiger partial charge is 0.374 e. The molecule has 2 aromatic heterocycles. The second-order valence-electron chi connectivity index (χ2n) is 8.28. The van der Waals surface area contributed by atoms with Gasteiger partial charge in [0.25, 0.3) is 0 Å². The average Bonchev–Trinajstić information content (AvgIpc) is 3.55. The third-order valence-electron chi connectivity index (χ3n) is 6.10. The Balaban J connectivity index is 1.41. The van der Waals surface area contributed by atoms with Gasteiger partial charge in [-0.15, -0.1) is 11.3 Å². The van der Waals surface area contributed by atoms with Gasteiger partial charge in [0.05, 0.1) is 22.1 Å². The van der Waals surface area contributed by atoms with Crippen LogP contribution in [0.5, 0.6) is 0 Å². The molecule has 162 valence electrons. The molecule has 0 bridgehead atoms. The molecule has 0 atom stereocenters. The van der Waals surface area contributed by atoms with Crippen LogP contribution < -0.4 is 10.6 Å². The normalized spacial score (nSPS) is 15.9. The van der Waals surface area contributed by atoms with E-state index >= 15 is 0 Å². The lowest BCUT2D eigenvalue weighted by molar-refractivity contribution is 0.0974. The van der Waals surface area contributed by atoms with Gasteiger partial charge in [-0.1, -0.05) is 12.8 Å². The topological polar surface area (TPSA) is 99.8 Å². The Bertz CT molecular complexity index is 1210. The standard InChI is InChI=1S/C24H23N5O2S/c25-14-15-8-10-17(11-9-15)27-24(31)29-13-12-19(28-29)22-18-6-3-7-20(30)21(18)23(32-22)26-16-4-1-2-5-16/h8-13,16,26H,1-7H2,(H,27,31). The molecule has 1 fully saturated rings. The number of Topliss-reactive ketones (excluding diaryl/α,β-unsaturated/α-hetero) is 1. The van der Waals surface area contributed by atoms with Crippen molar-refractivity contribution in [2.24, 2.45) is 0 Å². The van der Waals surface area contributed by atoms with Crippen LogP contribution in [0.25, 0.3) is 10.6 Å². The minimum atomic E-state index is -0.383. The molecule has 8 heteroatoms. The number of hydrogen-bond acceptors (Lipinski definition) is 6. The fraction of sp³-hybridized carbons (Fsp3) is 0.333. The number of rotatable bonds is 4. The van der Waals surface area contributed by atoms with Gasteiger partial charge in [-0.3, -0.25) is 4.79 Å². The van der Waals surface area contributed by atoms with E-state index in [9.17, 15) is 9.59 Å². The lowest BCUT2D eigenvalue weighted by atomic mass is 9.91. The maximum atomic E-state index is 12.7. The van der Waals surface area contributed by atoms with E-state index in [0.717, 1.165) is 46.7 Å². The van der Waals surface area contributed by atoms with Gasteiger partial charge in [-0.25, -0.2) is 4.79 Å². The molecule has 2 aliphatic carbocycles. The van der Waals surface area contributed by atoms with E-state index in [-0.39, 0.29) is 11.8 Å². The summed E-state index contributed by atoms with van der Waals surface area (Å²) in [4.78, 5) is 26.4. The molecule has 1 amide bonds. The summed E-state index contributed by atoms with van der Waals surface area (Å²) < 4.78 is 1.27. The molecule has 5 rings (SSSR count). The first kappa shape index (κ1) is 20.5. The summed E-state index contributed by atoms with van der Waals surface area (Å²) in [5, 5.41) is 20.8. The Kier molecular flexibility index (Phi) is 5.50. The number of carbonyl (C=O) groups is 2. The lowest BCUT2D eigenvalue weighted by Crippen LogP contribution is -2.19. The van der Waals surface area contributed by atoms with Gasteiger partial charge in [0, 0.05) is 24.3 Å². The van der Waals surface area contributed by atoms with Crippen molar-refractivity contribution in [2.75, 3.05) is 10.6 Å². The summed E-state index contributed by atoms with van der Waals surface area (Å²) in [6.45, 7) is 0. The number of carbonyl (C=O) groups excluding carboxylic acids is 2. The molecule has 0 aliphatic heterocycles. The molecule has 0 spiro atoms. The van der Waals surface area contributed by atoms with E-state index in [4.69, 9.17) is 5.26 Å². The average molecular weight is 446 g/mol. The zero-order chi connectivity index (χ0) is 22.1. The van der Waals surface area contributed by atoms with E-state index in [2.05, 4.69) is 21.8 Å². The highest BCUT2D eigenvalue weighted by Crippen LogP contribution is 2.44. The van der Waals surface area contributed by atoms with Crippen LogP contribution in [0.3, 0.4) is 0 Å². The smallest absolute Gasteiger partial charge is 0.346 e. The maximum absolute atomic E-state index is 12.7. The van der Waals surface area contributed by atoms with E-state index in [1.54, 1.807) is 41.8 Å². The number of hydrogen-bond donors (Lipinski definition) is 2. The van der Waals surface area contributed by atoms with Gasteiger partial charge in [0.1, 0.15) is 10.7 Å². The first-order valence-corrected chi connectivity index (χ1v) is 11.8. The van der Waals surface area contributed by atoms with Crippen molar-refractivity contribution in [3.8, 4) is 16.6 Å². The summed E-state index contributed by atoms with van der Waals surface area (Å²) in [5.41, 5.74) is 3.72. The summed E-state index contributed by atoms with van der Waals surface area (Å²) in [5.74, 6) is 0.201. The summed E-state index contributed by atoms with van der Waals surface area (Å²) in [6.07, 6.45) is 8.65. The Morgan fingerprint density at radius 1 is 1.12 bits per heavy atom. The van der Waals surface area contributed by atoms with Crippen LogP contribution in [-0.2, 0) is 6.42 Å². The number of nitrogens with one attached hydrogen (secondary N) is 2. The Hall–Kier alpha value is -3.44. The third-order valence-corrected chi connectivity index (χ3v) is 7.29. The first-order chi connectivity index (χ1) is 15.6. The van der Waals surface area contributed by atoms with Crippen molar-refractivity contribution < 1.29 is 9.59 Å². The summed E-state index contributed by atoms with van der Waals surface area (Å²) in [6, 6.07) is 10.6. The molecule has 2 heterocycles. The monoisotopic (exact) mass is 445 g/mol. The zero-order valence-electron chi connectivity index (χ0n) is 17.6. The molecule has 32 heavy (non-hydrogen) atoms. The molecule has 1 saturated carbocycles. The van der Waals surface area contributed by atoms with Crippen LogP contribution in [0, 0.1) is 11.3 Å². The van der Waals surface area contributed by atoms with Crippen molar-refractivity contribution in [3.05, 3.63) is 53.2 Å². The number of aromatic nitrogens is 2. The summed E-state index contributed by atoms with van der Waals surface area (Å²) in [7, 11) is 0. The number of benzene rings is 1. The molecule has 2 N–H and O–H groups in total. The van der Waals surface area contributed by atoms with Crippen LogP contribution in [0.4, 0.5) is 15.5 Å². The molecule has 0 unspecified atom stereocenters. The summed E-state index contributed by atoms with van der Waals surface area (Å²) >= 11 is 1.58. The molecule has 2 aliphatic rings. The molecule has 3 aromatic rings. The number of fused-ring (bicyclic) bond motifs is 1. The molecular weight excluding hydrogens is 422 g/mol. The molecule has 7 nitrogen and oxygen atoms in total. The Morgan fingerprint density at radius 3 is 2.66 bits per heavy atom. The SMILES string of the molecule is N#Cc1ccc(NC(=O)n2ccc(-c3sc(NC4CCCC4)c4c3CCCC4=O)n2)cc1. The number of nitriles is 1. The van der Waals surface area contributed by atoms with Crippen molar-refractivity contribution >= 4 is 33.8 Å². The number of ketones is 1. The highest BCUT2D eigenvalue weighted by molar-refractivity contribution is 7.20. The van der Waals surface area contributed by atoms with Crippen molar-refractivity contribution in [3.63, 3.8) is 0 Å². The number of nitrogens with zero attached hydrogens (tertiary/aromatic N) is 3. The van der Waals surface area contributed by atoms with Crippen LogP contribution in [0.1, 0.15) is 60.0 Å². The number of amides is 1. The minimum Gasteiger partial charge on any atom is -0.374 e. The number of thiophene rings is 1. The molecule has 0 saturated heterocycles.